The molecule has 2 aliphatic carbocycles. The standard InChI is InChI=1S/C14H24N2O/c15-10-12-7-4-8-13(12)16-14(17)9-11-5-2-1-3-6-11/h5,12-13H,1-4,6-10,15H2,(H,16,17). The number of rotatable bonds is 4. The zero-order valence-corrected chi connectivity index (χ0v) is 10.6. The van der Waals surface area contributed by atoms with Crippen LogP contribution >= 0.6 is 0 Å². The lowest BCUT2D eigenvalue weighted by molar-refractivity contribution is -0.121. The lowest BCUT2D eigenvalue weighted by Gasteiger charge is -2.20. The Morgan fingerprint density at radius 3 is 2.94 bits per heavy atom. The largest absolute Gasteiger partial charge is 0.353 e. The number of amides is 1. The molecule has 1 saturated carbocycles. The number of allylic oxidation sites excluding steroid dienone is 1. The highest BCUT2D eigenvalue weighted by molar-refractivity contribution is 5.78. The van der Waals surface area contributed by atoms with Crippen LogP contribution in [0.4, 0.5) is 0 Å². The summed E-state index contributed by atoms with van der Waals surface area (Å²) in [4.78, 5) is 11.9. The van der Waals surface area contributed by atoms with Crippen LogP contribution in [-0.2, 0) is 4.79 Å². The maximum Gasteiger partial charge on any atom is 0.224 e. The Labute approximate surface area is 104 Å². The Balaban J connectivity index is 1.78. The highest BCUT2D eigenvalue weighted by Crippen LogP contribution is 2.25. The van der Waals surface area contributed by atoms with E-state index >= 15 is 0 Å². The van der Waals surface area contributed by atoms with Gasteiger partial charge in [0.25, 0.3) is 0 Å². The maximum absolute atomic E-state index is 11.9. The fourth-order valence-electron chi connectivity index (χ4n) is 3.04. The number of hydrogen-bond donors (Lipinski definition) is 2. The predicted octanol–water partition coefficient (Wildman–Crippen LogP) is 2.12. The number of nitrogens with two attached hydrogens (primary N) is 1. The monoisotopic (exact) mass is 236 g/mol. The third-order valence-electron chi connectivity index (χ3n) is 4.08. The first-order valence-corrected chi connectivity index (χ1v) is 6.97. The van der Waals surface area contributed by atoms with Gasteiger partial charge in [0.2, 0.25) is 5.91 Å². The van der Waals surface area contributed by atoms with E-state index in [2.05, 4.69) is 11.4 Å². The number of carbonyl (C=O) groups is 1. The van der Waals surface area contributed by atoms with Crippen molar-refractivity contribution in [3.63, 3.8) is 0 Å². The van der Waals surface area contributed by atoms with Crippen molar-refractivity contribution >= 4 is 5.91 Å². The molecular formula is C14H24N2O. The van der Waals surface area contributed by atoms with Crippen molar-refractivity contribution in [2.24, 2.45) is 11.7 Å². The minimum Gasteiger partial charge on any atom is -0.353 e. The average molecular weight is 236 g/mol. The topological polar surface area (TPSA) is 55.1 Å². The first kappa shape index (κ1) is 12.6. The predicted molar refractivity (Wildman–Crippen MR) is 69.5 cm³/mol. The molecule has 0 aromatic heterocycles. The Morgan fingerprint density at radius 2 is 2.24 bits per heavy atom. The van der Waals surface area contributed by atoms with Crippen LogP contribution in [0.1, 0.15) is 51.4 Å². The van der Waals surface area contributed by atoms with Crippen LogP contribution in [0, 0.1) is 5.92 Å². The number of carbonyl (C=O) groups excluding carboxylic acids is 1. The second-order valence-corrected chi connectivity index (χ2v) is 5.39. The van der Waals surface area contributed by atoms with E-state index in [0.717, 1.165) is 19.3 Å². The smallest absolute Gasteiger partial charge is 0.224 e. The molecule has 96 valence electrons. The van der Waals surface area contributed by atoms with Crippen molar-refractivity contribution in [3.8, 4) is 0 Å². The molecule has 0 aromatic rings. The van der Waals surface area contributed by atoms with Crippen molar-refractivity contribution in [1.29, 1.82) is 0 Å². The van der Waals surface area contributed by atoms with Crippen molar-refractivity contribution in [3.05, 3.63) is 11.6 Å². The molecule has 0 bridgehead atoms. The molecule has 0 aliphatic heterocycles. The van der Waals surface area contributed by atoms with Gasteiger partial charge in [-0.3, -0.25) is 4.79 Å². The Kier molecular flexibility index (Phi) is 4.60. The zero-order valence-electron chi connectivity index (χ0n) is 10.6. The highest BCUT2D eigenvalue weighted by Gasteiger charge is 2.27. The van der Waals surface area contributed by atoms with E-state index < -0.39 is 0 Å². The molecular weight excluding hydrogens is 212 g/mol. The molecule has 0 aromatic carbocycles. The van der Waals surface area contributed by atoms with E-state index in [9.17, 15) is 4.79 Å². The molecule has 2 aliphatic rings. The van der Waals surface area contributed by atoms with E-state index in [1.165, 1.54) is 31.3 Å². The van der Waals surface area contributed by atoms with Gasteiger partial charge >= 0.3 is 0 Å². The van der Waals surface area contributed by atoms with Crippen LogP contribution in [0.15, 0.2) is 11.6 Å². The second-order valence-electron chi connectivity index (χ2n) is 5.39. The maximum atomic E-state index is 11.9. The normalized spacial score (nSPS) is 28.9. The SMILES string of the molecule is NCC1CCCC1NC(=O)CC1=CCCCC1. The Morgan fingerprint density at radius 1 is 1.35 bits per heavy atom. The molecule has 2 unspecified atom stereocenters. The van der Waals surface area contributed by atoms with Gasteiger partial charge in [0.1, 0.15) is 0 Å². The summed E-state index contributed by atoms with van der Waals surface area (Å²) >= 11 is 0. The summed E-state index contributed by atoms with van der Waals surface area (Å²) in [5.41, 5.74) is 7.05. The highest BCUT2D eigenvalue weighted by atomic mass is 16.1. The third kappa shape index (κ3) is 3.56. The first-order valence-electron chi connectivity index (χ1n) is 6.97. The molecule has 0 saturated heterocycles. The van der Waals surface area contributed by atoms with Crippen molar-refractivity contribution in [1.82, 2.24) is 5.32 Å². The second kappa shape index (κ2) is 6.20. The van der Waals surface area contributed by atoms with Crippen LogP contribution in [-0.4, -0.2) is 18.5 Å². The quantitative estimate of drug-likeness (QED) is 0.735. The van der Waals surface area contributed by atoms with Crippen LogP contribution in [0.25, 0.3) is 0 Å². The fourth-order valence-corrected chi connectivity index (χ4v) is 3.04. The molecule has 3 N–H and O–H groups in total. The van der Waals surface area contributed by atoms with Crippen molar-refractivity contribution in [2.45, 2.75) is 57.4 Å². The Bertz CT molecular complexity index is 299. The summed E-state index contributed by atoms with van der Waals surface area (Å²) in [6, 6.07) is 0.330. The third-order valence-corrected chi connectivity index (χ3v) is 4.08. The molecule has 0 radical (unpaired) electrons. The van der Waals surface area contributed by atoms with E-state index in [-0.39, 0.29) is 5.91 Å². The molecule has 17 heavy (non-hydrogen) atoms. The molecule has 1 amide bonds. The van der Waals surface area contributed by atoms with E-state index in [1.807, 2.05) is 0 Å². The zero-order chi connectivity index (χ0) is 12.1. The van der Waals surface area contributed by atoms with Gasteiger partial charge in [-0.1, -0.05) is 18.1 Å². The van der Waals surface area contributed by atoms with E-state index in [4.69, 9.17) is 5.73 Å². The molecule has 2 rings (SSSR count). The van der Waals surface area contributed by atoms with Crippen molar-refractivity contribution < 1.29 is 4.79 Å². The van der Waals surface area contributed by atoms with Gasteiger partial charge in [0, 0.05) is 12.5 Å². The molecule has 1 fully saturated rings. The van der Waals surface area contributed by atoms with Gasteiger partial charge in [0.15, 0.2) is 0 Å². The summed E-state index contributed by atoms with van der Waals surface area (Å²) < 4.78 is 0. The lowest BCUT2D eigenvalue weighted by Crippen LogP contribution is -2.39. The van der Waals surface area contributed by atoms with Crippen LogP contribution in [0.2, 0.25) is 0 Å². The van der Waals surface area contributed by atoms with Crippen molar-refractivity contribution in [2.75, 3.05) is 6.54 Å². The van der Waals surface area contributed by atoms with Gasteiger partial charge in [-0.2, -0.15) is 0 Å². The van der Waals surface area contributed by atoms with Gasteiger partial charge in [0.05, 0.1) is 0 Å². The summed E-state index contributed by atoms with van der Waals surface area (Å²) in [7, 11) is 0. The van der Waals surface area contributed by atoms with Crippen LogP contribution in [0.5, 0.6) is 0 Å². The molecule has 2 atom stereocenters. The summed E-state index contributed by atoms with van der Waals surface area (Å²) in [6.07, 6.45) is 11.1. The summed E-state index contributed by atoms with van der Waals surface area (Å²) in [6.45, 7) is 0.702. The fraction of sp³-hybridized carbons (Fsp3) is 0.786. The van der Waals surface area contributed by atoms with E-state index in [1.54, 1.807) is 0 Å². The van der Waals surface area contributed by atoms with Crippen LogP contribution in [0.3, 0.4) is 0 Å². The van der Waals surface area contributed by atoms with Gasteiger partial charge in [-0.05, 0) is 51.0 Å². The first-order chi connectivity index (χ1) is 8.29. The van der Waals surface area contributed by atoms with Gasteiger partial charge < -0.3 is 11.1 Å². The minimum atomic E-state index is 0.198. The van der Waals surface area contributed by atoms with Gasteiger partial charge in [-0.25, -0.2) is 0 Å². The molecule has 3 heteroatoms. The average Bonchev–Trinajstić information content (AvgIpc) is 2.77. The molecule has 0 heterocycles. The minimum absolute atomic E-state index is 0.198. The number of nitrogens with one attached hydrogen (secondary N) is 1. The molecule has 0 spiro atoms. The Hall–Kier alpha value is -0.830. The summed E-state index contributed by atoms with van der Waals surface area (Å²) in [5, 5.41) is 3.17. The van der Waals surface area contributed by atoms with Crippen LogP contribution < -0.4 is 11.1 Å². The summed E-state index contributed by atoms with van der Waals surface area (Å²) in [5.74, 6) is 0.697. The van der Waals surface area contributed by atoms with Gasteiger partial charge in [-0.15, -0.1) is 0 Å². The molecule has 3 nitrogen and oxygen atoms in total. The van der Waals surface area contributed by atoms with E-state index in [0.29, 0.717) is 24.9 Å². The lowest BCUT2D eigenvalue weighted by atomic mass is 9.96. The number of hydrogen-bond acceptors (Lipinski definition) is 2.